The van der Waals surface area contributed by atoms with Crippen molar-refractivity contribution in [1.82, 2.24) is 10.2 Å². The van der Waals surface area contributed by atoms with E-state index >= 15 is 0 Å². The van der Waals surface area contributed by atoms with Crippen LogP contribution < -0.4 is 5.32 Å². The number of hydrogen-bond donors (Lipinski definition) is 1. The highest BCUT2D eigenvalue weighted by molar-refractivity contribution is 5.91. The Kier molecular flexibility index (Phi) is 4.46. The number of amides is 2. The first-order valence-corrected chi connectivity index (χ1v) is 7.82. The minimum absolute atomic E-state index is 0.00564. The average molecular weight is 312 g/mol. The summed E-state index contributed by atoms with van der Waals surface area (Å²) in [7, 11) is 0. The minimum atomic E-state index is -0.432. The molecule has 3 rings (SSSR count). The van der Waals surface area contributed by atoms with Gasteiger partial charge in [-0.1, -0.05) is 30.3 Å². The van der Waals surface area contributed by atoms with Crippen molar-refractivity contribution < 1.29 is 14.0 Å². The van der Waals surface area contributed by atoms with Gasteiger partial charge in [0, 0.05) is 6.42 Å². The number of nitrogens with one attached hydrogen (secondary N) is 1. The van der Waals surface area contributed by atoms with Gasteiger partial charge in [0.05, 0.1) is 18.8 Å². The van der Waals surface area contributed by atoms with E-state index in [0.717, 1.165) is 5.56 Å². The van der Waals surface area contributed by atoms with E-state index in [4.69, 9.17) is 4.42 Å². The van der Waals surface area contributed by atoms with E-state index in [0.29, 0.717) is 25.1 Å². The van der Waals surface area contributed by atoms with Gasteiger partial charge in [-0.25, -0.2) is 0 Å². The Balaban J connectivity index is 1.67. The second-order valence-electron chi connectivity index (χ2n) is 5.80. The quantitative estimate of drug-likeness (QED) is 0.923. The molecule has 1 aromatic heterocycles. The van der Waals surface area contributed by atoms with Gasteiger partial charge < -0.3 is 14.6 Å². The molecule has 0 spiro atoms. The van der Waals surface area contributed by atoms with Crippen LogP contribution in [-0.4, -0.2) is 22.8 Å². The monoisotopic (exact) mass is 312 g/mol. The first-order chi connectivity index (χ1) is 11.1. The first kappa shape index (κ1) is 15.3. The Bertz CT molecular complexity index is 667. The number of benzene rings is 1. The second kappa shape index (κ2) is 6.69. The molecule has 23 heavy (non-hydrogen) atoms. The summed E-state index contributed by atoms with van der Waals surface area (Å²) in [5.74, 6) is 0.571. The fourth-order valence-electron chi connectivity index (χ4n) is 2.91. The zero-order valence-corrected chi connectivity index (χ0v) is 13.1. The third-order valence-corrected chi connectivity index (χ3v) is 4.20. The lowest BCUT2D eigenvalue weighted by Crippen LogP contribution is -2.44. The van der Waals surface area contributed by atoms with Crippen LogP contribution in [0.2, 0.25) is 0 Å². The molecule has 1 fully saturated rings. The fraction of sp³-hybridized carbons (Fsp3) is 0.333. The maximum atomic E-state index is 12.6. The minimum Gasteiger partial charge on any atom is -0.467 e. The van der Waals surface area contributed by atoms with Gasteiger partial charge in [0.1, 0.15) is 11.8 Å². The molecular formula is C18H20N2O3. The molecule has 120 valence electrons. The molecule has 1 aromatic carbocycles. The van der Waals surface area contributed by atoms with Crippen molar-refractivity contribution in [1.29, 1.82) is 0 Å². The van der Waals surface area contributed by atoms with Gasteiger partial charge in [-0.2, -0.15) is 0 Å². The van der Waals surface area contributed by atoms with Crippen LogP contribution in [0.4, 0.5) is 0 Å². The van der Waals surface area contributed by atoms with Crippen molar-refractivity contribution >= 4 is 11.8 Å². The number of hydrogen-bond acceptors (Lipinski definition) is 3. The molecule has 0 aliphatic carbocycles. The van der Waals surface area contributed by atoms with Crippen LogP contribution >= 0.6 is 0 Å². The molecule has 0 bridgehead atoms. The molecule has 2 unspecified atom stereocenters. The average Bonchev–Trinajstić information content (AvgIpc) is 3.19. The number of likely N-dealkylation sites (tertiary alicyclic amines) is 1. The van der Waals surface area contributed by atoms with E-state index in [1.807, 2.05) is 43.3 Å². The lowest BCUT2D eigenvalue weighted by atomic mass is 10.1. The van der Waals surface area contributed by atoms with Gasteiger partial charge in [0.2, 0.25) is 11.8 Å². The number of nitrogens with zero attached hydrogens (tertiary/aromatic N) is 1. The largest absolute Gasteiger partial charge is 0.467 e. The van der Waals surface area contributed by atoms with Crippen LogP contribution in [0.5, 0.6) is 0 Å². The molecule has 5 nitrogen and oxygen atoms in total. The van der Waals surface area contributed by atoms with Gasteiger partial charge in [0.15, 0.2) is 0 Å². The standard InChI is InChI=1S/C18H20N2O3/c1-13(14-6-3-2-4-7-14)19-18(22)16-9-10-17(21)20(16)12-15-8-5-11-23-15/h2-8,11,13,16H,9-10,12H2,1H3,(H,19,22). The lowest BCUT2D eigenvalue weighted by Gasteiger charge is -2.25. The highest BCUT2D eigenvalue weighted by Gasteiger charge is 2.36. The molecule has 1 saturated heterocycles. The van der Waals surface area contributed by atoms with Crippen molar-refractivity contribution in [2.24, 2.45) is 0 Å². The molecule has 0 saturated carbocycles. The molecular weight excluding hydrogens is 292 g/mol. The van der Waals surface area contributed by atoms with Crippen LogP contribution in [0.3, 0.4) is 0 Å². The molecule has 2 atom stereocenters. The molecule has 5 heteroatoms. The van der Waals surface area contributed by atoms with E-state index in [1.54, 1.807) is 17.2 Å². The van der Waals surface area contributed by atoms with Crippen LogP contribution in [0.1, 0.15) is 37.1 Å². The van der Waals surface area contributed by atoms with Gasteiger partial charge in [-0.3, -0.25) is 9.59 Å². The van der Waals surface area contributed by atoms with Crippen LogP contribution in [-0.2, 0) is 16.1 Å². The van der Waals surface area contributed by atoms with E-state index in [1.165, 1.54) is 0 Å². The third-order valence-electron chi connectivity index (χ3n) is 4.20. The SMILES string of the molecule is CC(NC(=O)C1CCC(=O)N1Cc1ccco1)c1ccccc1. The Morgan fingerprint density at radius 1 is 1.30 bits per heavy atom. The molecule has 2 amide bonds. The topological polar surface area (TPSA) is 62.6 Å². The Labute approximate surface area is 135 Å². The molecule has 2 heterocycles. The lowest BCUT2D eigenvalue weighted by molar-refractivity contribution is -0.136. The predicted molar refractivity (Wildman–Crippen MR) is 85.3 cm³/mol. The van der Waals surface area contributed by atoms with E-state index < -0.39 is 6.04 Å². The maximum Gasteiger partial charge on any atom is 0.243 e. The Morgan fingerprint density at radius 3 is 2.78 bits per heavy atom. The Morgan fingerprint density at radius 2 is 2.09 bits per heavy atom. The van der Waals surface area contributed by atoms with Crippen LogP contribution in [0.15, 0.2) is 53.1 Å². The van der Waals surface area contributed by atoms with Crippen LogP contribution in [0.25, 0.3) is 0 Å². The highest BCUT2D eigenvalue weighted by atomic mass is 16.3. The van der Waals surface area contributed by atoms with E-state index in [2.05, 4.69) is 5.32 Å². The number of carbonyl (C=O) groups is 2. The number of furan rings is 1. The van der Waals surface area contributed by atoms with Crippen molar-refractivity contribution in [3.63, 3.8) is 0 Å². The van der Waals surface area contributed by atoms with Crippen molar-refractivity contribution in [3.05, 3.63) is 60.1 Å². The molecule has 1 N–H and O–H groups in total. The smallest absolute Gasteiger partial charge is 0.243 e. The van der Waals surface area contributed by atoms with Gasteiger partial charge >= 0.3 is 0 Å². The van der Waals surface area contributed by atoms with Crippen LogP contribution in [0, 0.1) is 0 Å². The summed E-state index contributed by atoms with van der Waals surface area (Å²) in [4.78, 5) is 26.3. The van der Waals surface area contributed by atoms with Gasteiger partial charge in [-0.15, -0.1) is 0 Å². The van der Waals surface area contributed by atoms with E-state index in [-0.39, 0.29) is 17.9 Å². The highest BCUT2D eigenvalue weighted by Crippen LogP contribution is 2.23. The molecule has 2 aromatic rings. The second-order valence-corrected chi connectivity index (χ2v) is 5.80. The normalized spacial score (nSPS) is 18.9. The number of rotatable bonds is 5. The maximum absolute atomic E-state index is 12.6. The summed E-state index contributed by atoms with van der Waals surface area (Å²) in [6, 6.07) is 12.9. The summed E-state index contributed by atoms with van der Waals surface area (Å²) in [6.45, 7) is 2.28. The zero-order chi connectivity index (χ0) is 16.2. The summed E-state index contributed by atoms with van der Waals surface area (Å²) in [5.41, 5.74) is 1.04. The Hall–Kier alpha value is -2.56. The zero-order valence-electron chi connectivity index (χ0n) is 13.1. The summed E-state index contributed by atoms with van der Waals surface area (Å²) in [6.07, 6.45) is 2.52. The van der Waals surface area contributed by atoms with Crippen molar-refractivity contribution in [2.45, 2.75) is 38.4 Å². The number of carbonyl (C=O) groups excluding carboxylic acids is 2. The fourth-order valence-corrected chi connectivity index (χ4v) is 2.91. The third kappa shape index (κ3) is 3.44. The van der Waals surface area contributed by atoms with Crippen molar-refractivity contribution in [2.75, 3.05) is 0 Å². The van der Waals surface area contributed by atoms with Gasteiger partial charge in [0.25, 0.3) is 0 Å². The van der Waals surface area contributed by atoms with Crippen molar-refractivity contribution in [3.8, 4) is 0 Å². The summed E-state index contributed by atoms with van der Waals surface area (Å²) < 4.78 is 5.30. The molecule has 1 aliphatic rings. The first-order valence-electron chi connectivity index (χ1n) is 7.82. The summed E-state index contributed by atoms with van der Waals surface area (Å²) >= 11 is 0. The molecule has 1 aliphatic heterocycles. The molecule has 0 radical (unpaired) electrons. The van der Waals surface area contributed by atoms with Gasteiger partial charge in [-0.05, 0) is 31.0 Å². The predicted octanol–water partition coefficient (Wildman–Crippen LogP) is 2.65. The van der Waals surface area contributed by atoms with E-state index in [9.17, 15) is 9.59 Å². The summed E-state index contributed by atoms with van der Waals surface area (Å²) in [5, 5.41) is 3.00.